The molecule has 0 aromatic heterocycles. The first kappa shape index (κ1) is 23.7. The summed E-state index contributed by atoms with van der Waals surface area (Å²) in [5.41, 5.74) is -4.26. The Kier molecular flexibility index (Phi) is 4.90. The molecule has 3 saturated heterocycles. The number of aliphatic hydroxyl groups is 2. The Hall–Kier alpha value is -2.01. The van der Waals surface area contributed by atoms with Crippen molar-refractivity contribution in [2.75, 3.05) is 0 Å². The van der Waals surface area contributed by atoms with E-state index >= 15 is 0 Å². The average Bonchev–Trinajstić information content (AvgIpc) is 3.55. The van der Waals surface area contributed by atoms with Crippen LogP contribution in [-0.2, 0) is 38.1 Å². The standard InChI is InChI=1S/C24H32O10/c1-10-7-13(27)18(28)21(4)14(30-11(2)25)9-15-22(5,33-15)17(21)19(31-12(3)26)24-16(8-10)32-20(29)23(24,6)34-24/h8,13-19,27-28H,7,9H2,1-6H3/b10-8-/t13-,14+,15-,16+,17-,18+,19+,21+,22-,23+,24+/m1/s1. The summed E-state index contributed by atoms with van der Waals surface area (Å²) in [7, 11) is 0. The van der Waals surface area contributed by atoms with Gasteiger partial charge < -0.3 is 33.9 Å². The van der Waals surface area contributed by atoms with E-state index in [-0.39, 0.29) is 12.5 Å². The lowest BCUT2D eigenvalue weighted by Gasteiger charge is -2.54. The molecule has 5 aliphatic rings. The van der Waals surface area contributed by atoms with Crippen molar-refractivity contribution in [2.45, 2.75) is 108 Å². The fourth-order valence-corrected chi connectivity index (χ4v) is 7.04. The van der Waals surface area contributed by atoms with Gasteiger partial charge in [-0.2, -0.15) is 0 Å². The van der Waals surface area contributed by atoms with E-state index < -0.39 is 76.6 Å². The SMILES string of the molecule is CC(=O)O[C@H]1C[C@H]2O[C@@]2(C)[C@@H]2[C@H](OC(C)=O)[C@]34O[C@@]3(C)C(=O)O[C@H]4/C=C(/C)C[C@@H](O)[C@H](O)[C@@]12C. The number of hydrogen-bond acceptors (Lipinski definition) is 10. The van der Waals surface area contributed by atoms with Crippen molar-refractivity contribution < 1.29 is 48.3 Å². The lowest BCUT2D eigenvalue weighted by atomic mass is 9.53. The minimum Gasteiger partial charge on any atom is -0.462 e. The molecule has 3 aliphatic heterocycles. The summed E-state index contributed by atoms with van der Waals surface area (Å²) >= 11 is 0. The van der Waals surface area contributed by atoms with E-state index in [1.165, 1.54) is 13.8 Å². The lowest BCUT2D eigenvalue weighted by molar-refractivity contribution is -0.216. The van der Waals surface area contributed by atoms with E-state index in [9.17, 15) is 24.6 Å². The predicted octanol–water partition coefficient (Wildman–Crippen LogP) is 0.558. The maximum Gasteiger partial charge on any atom is 0.342 e. The normalized spacial score (nSPS) is 54.6. The van der Waals surface area contributed by atoms with E-state index in [4.69, 9.17) is 23.7 Å². The van der Waals surface area contributed by atoms with E-state index in [0.29, 0.717) is 12.0 Å². The molecule has 2 N–H and O–H groups in total. The second-order valence-corrected chi connectivity index (χ2v) is 11.0. The lowest BCUT2D eigenvalue weighted by Crippen LogP contribution is -2.67. The van der Waals surface area contributed by atoms with Gasteiger partial charge in [-0.15, -0.1) is 0 Å². The molecule has 10 heteroatoms. The van der Waals surface area contributed by atoms with Gasteiger partial charge in [-0.25, -0.2) is 4.79 Å². The Morgan fingerprint density at radius 3 is 2.35 bits per heavy atom. The van der Waals surface area contributed by atoms with Gasteiger partial charge in [0.25, 0.3) is 0 Å². The van der Waals surface area contributed by atoms with E-state index in [1.807, 2.05) is 6.92 Å². The molecule has 0 bridgehead atoms. The van der Waals surface area contributed by atoms with Crippen molar-refractivity contribution in [3.05, 3.63) is 11.6 Å². The first-order valence-electron chi connectivity index (χ1n) is 11.7. The van der Waals surface area contributed by atoms with Crippen LogP contribution in [0.4, 0.5) is 0 Å². The summed E-state index contributed by atoms with van der Waals surface area (Å²) in [6.07, 6.45) is -3.68. The van der Waals surface area contributed by atoms with Crippen LogP contribution in [0.15, 0.2) is 11.6 Å². The minimum absolute atomic E-state index is 0.0936. The van der Waals surface area contributed by atoms with Crippen LogP contribution >= 0.6 is 0 Å². The first-order valence-corrected chi connectivity index (χ1v) is 11.7. The Bertz CT molecular complexity index is 992. The Labute approximate surface area is 197 Å². The van der Waals surface area contributed by atoms with Crippen LogP contribution in [0.3, 0.4) is 0 Å². The Morgan fingerprint density at radius 1 is 1.12 bits per heavy atom. The van der Waals surface area contributed by atoms with E-state index in [2.05, 4.69) is 0 Å². The summed E-state index contributed by atoms with van der Waals surface area (Å²) in [6, 6.07) is 0. The zero-order valence-electron chi connectivity index (χ0n) is 20.2. The minimum atomic E-state index is -1.37. The molecule has 10 nitrogen and oxygen atoms in total. The topological polar surface area (TPSA) is 144 Å². The summed E-state index contributed by atoms with van der Waals surface area (Å²) in [6.45, 7) is 9.44. The highest BCUT2D eigenvalue weighted by Gasteiger charge is 2.89. The fourth-order valence-electron chi connectivity index (χ4n) is 7.04. The van der Waals surface area contributed by atoms with Crippen molar-refractivity contribution in [1.29, 1.82) is 0 Å². The van der Waals surface area contributed by atoms with Crippen LogP contribution in [0.25, 0.3) is 0 Å². The third kappa shape index (κ3) is 2.85. The van der Waals surface area contributed by atoms with Gasteiger partial charge in [0.15, 0.2) is 17.3 Å². The van der Waals surface area contributed by atoms with Gasteiger partial charge in [0, 0.05) is 31.6 Å². The van der Waals surface area contributed by atoms with E-state index in [1.54, 1.807) is 26.8 Å². The number of epoxide rings is 2. The Balaban J connectivity index is 1.75. The average molecular weight is 481 g/mol. The van der Waals surface area contributed by atoms with Crippen LogP contribution < -0.4 is 0 Å². The number of fused-ring (bicyclic) bond motifs is 3. The number of esters is 3. The van der Waals surface area contributed by atoms with Crippen LogP contribution in [0.1, 0.15) is 54.4 Å². The molecule has 1 spiro atoms. The summed E-state index contributed by atoms with van der Waals surface area (Å²) in [4.78, 5) is 37.3. The summed E-state index contributed by atoms with van der Waals surface area (Å²) < 4.78 is 29.5. The molecular formula is C24H32O10. The molecule has 0 radical (unpaired) electrons. The summed E-state index contributed by atoms with van der Waals surface area (Å²) in [5, 5.41) is 22.7. The second-order valence-electron chi connectivity index (χ2n) is 11.0. The van der Waals surface area contributed by atoms with Gasteiger partial charge in [-0.1, -0.05) is 12.5 Å². The van der Waals surface area contributed by atoms with Crippen molar-refractivity contribution >= 4 is 17.9 Å². The third-order valence-corrected chi connectivity index (χ3v) is 8.81. The van der Waals surface area contributed by atoms with Gasteiger partial charge in [0.1, 0.15) is 12.2 Å². The molecule has 3 heterocycles. The number of carbonyl (C=O) groups is 3. The number of ether oxygens (including phenoxy) is 5. The quantitative estimate of drug-likeness (QED) is 0.249. The molecule has 5 rings (SSSR count). The largest absolute Gasteiger partial charge is 0.462 e. The molecule has 4 fully saturated rings. The highest BCUT2D eigenvalue weighted by atomic mass is 16.7. The molecule has 34 heavy (non-hydrogen) atoms. The van der Waals surface area contributed by atoms with Crippen LogP contribution in [0.5, 0.6) is 0 Å². The smallest absolute Gasteiger partial charge is 0.342 e. The maximum atomic E-state index is 12.9. The van der Waals surface area contributed by atoms with Crippen molar-refractivity contribution in [2.24, 2.45) is 11.3 Å². The van der Waals surface area contributed by atoms with Crippen LogP contribution in [-0.4, -0.2) is 81.5 Å². The predicted molar refractivity (Wildman–Crippen MR) is 113 cm³/mol. The third-order valence-electron chi connectivity index (χ3n) is 8.81. The molecule has 0 amide bonds. The molecule has 0 aromatic rings. The van der Waals surface area contributed by atoms with Crippen LogP contribution in [0, 0.1) is 11.3 Å². The second kappa shape index (κ2) is 7.02. The molecule has 0 aromatic carbocycles. The highest BCUT2D eigenvalue weighted by Crippen LogP contribution is 2.69. The molecule has 1 saturated carbocycles. The Morgan fingerprint density at radius 2 is 1.76 bits per heavy atom. The zero-order chi connectivity index (χ0) is 25.0. The van der Waals surface area contributed by atoms with Crippen molar-refractivity contribution in [1.82, 2.24) is 0 Å². The molecule has 2 aliphatic carbocycles. The monoisotopic (exact) mass is 480 g/mol. The van der Waals surface area contributed by atoms with E-state index in [0.717, 1.165) is 0 Å². The first-order chi connectivity index (χ1) is 15.7. The maximum absolute atomic E-state index is 12.9. The van der Waals surface area contributed by atoms with Gasteiger partial charge in [0.2, 0.25) is 0 Å². The molecule has 11 atom stereocenters. The molecule has 0 unspecified atom stereocenters. The number of hydrogen-bond donors (Lipinski definition) is 2. The van der Waals surface area contributed by atoms with Gasteiger partial charge in [0.05, 0.1) is 23.9 Å². The van der Waals surface area contributed by atoms with Crippen LogP contribution in [0.2, 0.25) is 0 Å². The van der Waals surface area contributed by atoms with Gasteiger partial charge >= 0.3 is 17.9 Å². The van der Waals surface area contributed by atoms with Gasteiger partial charge in [-0.3, -0.25) is 9.59 Å². The number of rotatable bonds is 2. The number of aliphatic hydroxyl groups excluding tert-OH is 2. The van der Waals surface area contributed by atoms with Crippen molar-refractivity contribution in [3.63, 3.8) is 0 Å². The summed E-state index contributed by atoms with van der Waals surface area (Å²) in [5.74, 6) is -2.54. The van der Waals surface area contributed by atoms with Crippen molar-refractivity contribution in [3.8, 4) is 0 Å². The number of carbonyl (C=O) groups excluding carboxylic acids is 3. The van der Waals surface area contributed by atoms with Gasteiger partial charge in [-0.05, 0) is 33.3 Å². The fraction of sp³-hybridized carbons (Fsp3) is 0.792. The molecule has 188 valence electrons. The zero-order valence-corrected chi connectivity index (χ0v) is 20.2. The molecular weight excluding hydrogens is 448 g/mol. The highest BCUT2D eigenvalue weighted by molar-refractivity contribution is 5.89.